The van der Waals surface area contributed by atoms with Crippen molar-refractivity contribution in [2.24, 2.45) is 0 Å². The Bertz CT molecular complexity index is 405. The van der Waals surface area contributed by atoms with Crippen molar-refractivity contribution in [3.8, 4) is 0 Å². The Labute approximate surface area is 102 Å². The Morgan fingerprint density at radius 3 is 3.12 bits per heavy atom. The molecule has 0 radical (unpaired) electrons. The molecule has 2 rings (SSSR count). The molecule has 1 N–H and O–H groups in total. The zero-order valence-corrected chi connectivity index (χ0v) is 10.4. The Hall–Kier alpha value is -1.42. The summed E-state index contributed by atoms with van der Waals surface area (Å²) in [6.45, 7) is 3.56. The Morgan fingerprint density at radius 1 is 1.65 bits per heavy atom. The normalized spacial score (nSPS) is 20.5. The molecule has 1 aromatic heterocycles. The fraction of sp³-hybridized carbons (Fsp3) is 0.538. The van der Waals surface area contributed by atoms with E-state index < -0.39 is 0 Å². The number of hydrogen-bond donors (Lipinski definition) is 1. The quantitative estimate of drug-likeness (QED) is 0.850. The number of amides is 1. The summed E-state index contributed by atoms with van der Waals surface area (Å²) in [7, 11) is 2.01. The van der Waals surface area contributed by atoms with Crippen LogP contribution in [0.15, 0.2) is 18.3 Å². The number of nitrogens with one attached hydrogen (secondary N) is 1. The molecule has 4 heteroatoms. The van der Waals surface area contributed by atoms with Gasteiger partial charge in [0.05, 0.1) is 6.04 Å². The number of rotatable bonds is 3. The minimum absolute atomic E-state index is 0.0536. The molecule has 0 saturated carbocycles. The van der Waals surface area contributed by atoms with E-state index in [4.69, 9.17) is 0 Å². The van der Waals surface area contributed by atoms with Gasteiger partial charge in [0.1, 0.15) is 0 Å². The first-order valence-corrected chi connectivity index (χ1v) is 6.06. The summed E-state index contributed by atoms with van der Waals surface area (Å²) >= 11 is 0. The van der Waals surface area contributed by atoms with Gasteiger partial charge in [-0.15, -0.1) is 0 Å². The number of nitrogens with zero attached hydrogens (tertiary/aromatic N) is 2. The summed E-state index contributed by atoms with van der Waals surface area (Å²) in [5, 5.41) is 2.99. The molecule has 1 atom stereocenters. The topological polar surface area (TPSA) is 45.2 Å². The molecule has 1 aliphatic heterocycles. The van der Waals surface area contributed by atoms with Crippen molar-refractivity contribution in [1.82, 2.24) is 15.2 Å². The Kier molecular flexibility index (Phi) is 3.74. The highest BCUT2D eigenvalue weighted by Crippen LogP contribution is 2.14. The fourth-order valence-electron chi connectivity index (χ4n) is 2.26. The number of hydrogen-bond acceptors (Lipinski definition) is 3. The molecule has 4 nitrogen and oxygen atoms in total. The van der Waals surface area contributed by atoms with Gasteiger partial charge in [0, 0.05) is 18.4 Å². The second-order valence-corrected chi connectivity index (χ2v) is 4.66. The number of aryl methyl sites for hydroxylation is 1. The van der Waals surface area contributed by atoms with E-state index in [2.05, 4.69) is 15.2 Å². The summed E-state index contributed by atoms with van der Waals surface area (Å²) in [6, 6.07) is 3.99. The minimum atomic E-state index is 0.0536. The summed E-state index contributed by atoms with van der Waals surface area (Å²) in [5.74, 6) is 0.138. The van der Waals surface area contributed by atoms with E-state index in [0.717, 1.165) is 30.6 Å². The molecule has 1 saturated heterocycles. The Morgan fingerprint density at radius 2 is 2.47 bits per heavy atom. The van der Waals surface area contributed by atoms with Gasteiger partial charge in [-0.25, -0.2) is 0 Å². The molecule has 2 heterocycles. The van der Waals surface area contributed by atoms with Gasteiger partial charge >= 0.3 is 0 Å². The van der Waals surface area contributed by atoms with Gasteiger partial charge < -0.3 is 5.32 Å². The molecular weight excluding hydrogens is 214 g/mol. The van der Waals surface area contributed by atoms with E-state index in [1.54, 1.807) is 6.20 Å². The maximum atomic E-state index is 11.9. The van der Waals surface area contributed by atoms with Crippen molar-refractivity contribution in [2.45, 2.75) is 32.4 Å². The van der Waals surface area contributed by atoms with E-state index in [1.807, 2.05) is 26.1 Å². The first-order valence-electron chi connectivity index (χ1n) is 6.06. The van der Waals surface area contributed by atoms with E-state index in [1.165, 1.54) is 0 Å². The minimum Gasteiger partial charge on any atom is -0.351 e. The van der Waals surface area contributed by atoms with Crippen molar-refractivity contribution < 1.29 is 4.79 Å². The van der Waals surface area contributed by atoms with Crippen molar-refractivity contribution in [2.75, 3.05) is 13.6 Å². The van der Waals surface area contributed by atoms with Gasteiger partial charge in [0.15, 0.2) is 0 Å². The van der Waals surface area contributed by atoms with Crippen LogP contribution in [0, 0.1) is 6.92 Å². The van der Waals surface area contributed by atoms with Gasteiger partial charge in [-0.1, -0.05) is 0 Å². The maximum Gasteiger partial charge on any atom is 0.237 e. The average molecular weight is 233 g/mol. The smallest absolute Gasteiger partial charge is 0.237 e. The second kappa shape index (κ2) is 5.27. The molecule has 1 aliphatic rings. The van der Waals surface area contributed by atoms with Crippen molar-refractivity contribution in [3.63, 3.8) is 0 Å². The van der Waals surface area contributed by atoms with Crippen molar-refractivity contribution >= 4 is 5.91 Å². The largest absolute Gasteiger partial charge is 0.351 e. The lowest BCUT2D eigenvalue weighted by Gasteiger charge is -2.18. The Balaban J connectivity index is 1.88. The van der Waals surface area contributed by atoms with Crippen LogP contribution in [0.25, 0.3) is 0 Å². The highest BCUT2D eigenvalue weighted by atomic mass is 16.2. The highest BCUT2D eigenvalue weighted by molar-refractivity contribution is 5.81. The van der Waals surface area contributed by atoms with Gasteiger partial charge in [-0.3, -0.25) is 14.7 Å². The van der Waals surface area contributed by atoms with E-state index in [-0.39, 0.29) is 11.9 Å². The monoisotopic (exact) mass is 233 g/mol. The molecule has 1 amide bonds. The number of carbonyl (C=O) groups excluding carboxylic acids is 1. The SMILES string of the molecule is Cc1cc(CNC(=O)C2CCCN2C)ccn1. The van der Waals surface area contributed by atoms with Crippen LogP contribution in [0.2, 0.25) is 0 Å². The van der Waals surface area contributed by atoms with Crippen LogP contribution in [0.1, 0.15) is 24.1 Å². The lowest BCUT2D eigenvalue weighted by Crippen LogP contribution is -2.41. The van der Waals surface area contributed by atoms with Crippen LogP contribution in [0.5, 0.6) is 0 Å². The van der Waals surface area contributed by atoms with Crippen LogP contribution >= 0.6 is 0 Å². The predicted molar refractivity (Wildman–Crippen MR) is 66.5 cm³/mol. The zero-order chi connectivity index (χ0) is 12.3. The summed E-state index contributed by atoms with van der Waals surface area (Å²) in [6.07, 6.45) is 3.86. The van der Waals surface area contributed by atoms with Gasteiger partial charge in [0.2, 0.25) is 5.91 Å². The van der Waals surface area contributed by atoms with E-state index in [0.29, 0.717) is 6.54 Å². The van der Waals surface area contributed by atoms with Gasteiger partial charge in [-0.05, 0) is 51.1 Å². The van der Waals surface area contributed by atoms with Crippen LogP contribution in [-0.4, -0.2) is 35.4 Å². The summed E-state index contributed by atoms with van der Waals surface area (Å²) in [4.78, 5) is 18.2. The van der Waals surface area contributed by atoms with Crippen LogP contribution < -0.4 is 5.32 Å². The summed E-state index contributed by atoms with van der Waals surface area (Å²) < 4.78 is 0. The molecule has 0 aromatic carbocycles. The average Bonchev–Trinajstić information content (AvgIpc) is 2.72. The second-order valence-electron chi connectivity index (χ2n) is 4.66. The highest BCUT2D eigenvalue weighted by Gasteiger charge is 2.27. The third-order valence-corrected chi connectivity index (χ3v) is 3.25. The van der Waals surface area contributed by atoms with Crippen LogP contribution in [-0.2, 0) is 11.3 Å². The molecule has 0 spiro atoms. The van der Waals surface area contributed by atoms with E-state index in [9.17, 15) is 4.79 Å². The maximum absolute atomic E-state index is 11.9. The lowest BCUT2D eigenvalue weighted by molar-refractivity contribution is -0.125. The zero-order valence-electron chi connectivity index (χ0n) is 10.4. The van der Waals surface area contributed by atoms with Crippen molar-refractivity contribution in [3.05, 3.63) is 29.6 Å². The molecule has 0 aliphatic carbocycles. The molecule has 92 valence electrons. The number of likely N-dealkylation sites (N-methyl/N-ethyl adjacent to an activating group) is 1. The number of pyridine rings is 1. The number of aromatic nitrogens is 1. The third kappa shape index (κ3) is 3.03. The number of likely N-dealkylation sites (tertiary alicyclic amines) is 1. The van der Waals surface area contributed by atoms with Crippen molar-refractivity contribution in [1.29, 1.82) is 0 Å². The van der Waals surface area contributed by atoms with Crippen LogP contribution in [0.3, 0.4) is 0 Å². The first kappa shape index (κ1) is 12.0. The predicted octanol–water partition coefficient (Wildman–Crippen LogP) is 1.10. The van der Waals surface area contributed by atoms with Gasteiger partial charge in [0.25, 0.3) is 0 Å². The standard InChI is InChI=1S/C13H19N3O/c1-10-8-11(5-6-14-10)9-15-13(17)12-4-3-7-16(12)2/h5-6,8,12H,3-4,7,9H2,1-2H3,(H,15,17). The fourth-order valence-corrected chi connectivity index (χ4v) is 2.26. The first-order chi connectivity index (χ1) is 8.16. The molecule has 17 heavy (non-hydrogen) atoms. The molecule has 1 unspecified atom stereocenters. The van der Waals surface area contributed by atoms with Gasteiger partial charge in [-0.2, -0.15) is 0 Å². The summed E-state index contributed by atoms with van der Waals surface area (Å²) in [5.41, 5.74) is 2.08. The molecular formula is C13H19N3O. The molecule has 0 bridgehead atoms. The van der Waals surface area contributed by atoms with E-state index >= 15 is 0 Å². The van der Waals surface area contributed by atoms with Crippen LogP contribution in [0.4, 0.5) is 0 Å². The molecule has 1 fully saturated rings. The lowest BCUT2D eigenvalue weighted by atomic mass is 10.2. The number of carbonyl (C=O) groups is 1. The molecule has 1 aromatic rings. The third-order valence-electron chi connectivity index (χ3n) is 3.25.